The summed E-state index contributed by atoms with van der Waals surface area (Å²) in [7, 11) is 3.19. The van der Waals surface area contributed by atoms with E-state index in [1.54, 1.807) is 18.9 Å². The van der Waals surface area contributed by atoms with Gasteiger partial charge in [-0.2, -0.15) is 5.10 Å². The fraction of sp³-hybridized carbons (Fsp3) is 0.240. The Kier molecular flexibility index (Phi) is 5.81. The second kappa shape index (κ2) is 8.70. The van der Waals surface area contributed by atoms with Crippen LogP contribution in [0.5, 0.6) is 11.5 Å². The number of aromatic nitrogens is 3. The normalized spacial score (nSPS) is 11.9. The summed E-state index contributed by atoms with van der Waals surface area (Å²) in [6.45, 7) is 5.71. The molecule has 0 saturated carbocycles. The summed E-state index contributed by atoms with van der Waals surface area (Å²) in [5, 5.41) is 8.51. The third-order valence-corrected chi connectivity index (χ3v) is 5.44. The van der Waals surface area contributed by atoms with Crippen LogP contribution in [0.1, 0.15) is 40.3 Å². The van der Waals surface area contributed by atoms with E-state index in [1.807, 2.05) is 75.4 Å². The molecule has 1 amide bonds. The Morgan fingerprint density at radius 1 is 1.00 bits per heavy atom. The van der Waals surface area contributed by atoms with Gasteiger partial charge in [0.15, 0.2) is 17.1 Å². The van der Waals surface area contributed by atoms with E-state index in [0.29, 0.717) is 22.7 Å². The minimum atomic E-state index is -0.240. The molecule has 0 aliphatic rings. The number of rotatable bonds is 6. The molecule has 32 heavy (non-hydrogen) atoms. The van der Waals surface area contributed by atoms with E-state index in [0.717, 1.165) is 28.0 Å². The Bertz CT molecular complexity index is 1280. The number of aryl methyl sites for hydroxylation is 2. The van der Waals surface area contributed by atoms with Gasteiger partial charge in [-0.05, 0) is 56.7 Å². The summed E-state index contributed by atoms with van der Waals surface area (Å²) in [5.74, 6) is 1.08. The lowest BCUT2D eigenvalue weighted by molar-refractivity contribution is 0.0941. The van der Waals surface area contributed by atoms with E-state index in [1.165, 1.54) is 0 Å². The van der Waals surface area contributed by atoms with Crippen molar-refractivity contribution in [2.24, 2.45) is 0 Å². The summed E-state index contributed by atoms with van der Waals surface area (Å²) < 4.78 is 12.5. The number of amides is 1. The van der Waals surface area contributed by atoms with Crippen LogP contribution >= 0.6 is 0 Å². The van der Waals surface area contributed by atoms with Crippen LogP contribution in [0.25, 0.3) is 16.7 Å². The molecule has 4 aromatic rings. The molecule has 4 rings (SSSR count). The summed E-state index contributed by atoms with van der Waals surface area (Å²) >= 11 is 0. The van der Waals surface area contributed by atoms with Crippen LogP contribution < -0.4 is 14.8 Å². The van der Waals surface area contributed by atoms with Crippen LogP contribution in [0.3, 0.4) is 0 Å². The zero-order valence-electron chi connectivity index (χ0n) is 18.8. The summed E-state index contributed by atoms with van der Waals surface area (Å²) in [6, 6.07) is 17.0. The molecule has 2 aromatic carbocycles. The Morgan fingerprint density at radius 2 is 1.72 bits per heavy atom. The third-order valence-electron chi connectivity index (χ3n) is 5.44. The van der Waals surface area contributed by atoms with Crippen LogP contribution in [-0.4, -0.2) is 34.9 Å². The first-order valence-electron chi connectivity index (χ1n) is 10.4. The molecule has 0 fully saturated rings. The van der Waals surface area contributed by atoms with Crippen molar-refractivity contribution in [3.8, 4) is 17.2 Å². The van der Waals surface area contributed by atoms with E-state index in [9.17, 15) is 4.79 Å². The molecule has 0 spiro atoms. The average molecular weight is 431 g/mol. The maximum absolute atomic E-state index is 13.3. The van der Waals surface area contributed by atoms with Gasteiger partial charge in [0.25, 0.3) is 5.91 Å². The quantitative estimate of drug-likeness (QED) is 0.486. The molecular formula is C25H26N4O3. The van der Waals surface area contributed by atoms with Gasteiger partial charge in [-0.15, -0.1) is 0 Å². The summed E-state index contributed by atoms with van der Waals surface area (Å²) in [5.41, 5.74) is 4.53. The number of carbonyl (C=O) groups is 1. The SMILES string of the molecule is COc1ccc([C@H](C)NC(=O)c2cc(C)nc3c2c(C)nn3-c2ccccc2)cc1OC. The smallest absolute Gasteiger partial charge is 0.252 e. The molecule has 0 radical (unpaired) electrons. The number of hydrogen-bond donors (Lipinski definition) is 1. The van der Waals surface area contributed by atoms with Crippen molar-refractivity contribution in [3.05, 3.63) is 77.1 Å². The molecule has 7 nitrogen and oxygen atoms in total. The van der Waals surface area contributed by atoms with Crippen molar-refractivity contribution >= 4 is 16.9 Å². The van der Waals surface area contributed by atoms with E-state index >= 15 is 0 Å². The van der Waals surface area contributed by atoms with Crippen molar-refractivity contribution < 1.29 is 14.3 Å². The lowest BCUT2D eigenvalue weighted by Gasteiger charge is -2.17. The number of methoxy groups -OCH3 is 2. The highest BCUT2D eigenvalue weighted by Gasteiger charge is 2.21. The first-order chi connectivity index (χ1) is 15.4. The number of carbonyl (C=O) groups excluding carboxylic acids is 1. The van der Waals surface area contributed by atoms with Crippen LogP contribution in [-0.2, 0) is 0 Å². The number of nitrogens with one attached hydrogen (secondary N) is 1. The Hall–Kier alpha value is -3.87. The molecule has 2 aromatic heterocycles. The van der Waals surface area contributed by atoms with E-state index < -0.39 is 0 Å². The second-order valence-corrected chi connectivity index (χ2v) is 7.65. The Balaban J connectivity index is 1.71. The molecule has 0 aliphatic carbocycles. The van der Waals surface area contributed by atoms with Crippen LogP contribution in [0, 0.1) is 13.8 Å². The van der Waals surface area contributed by atoms with Gasteiger partial charge in [0.2, 0.25) is 0 Å². The highest BCUT2D eigenvalue weighted by atomic mass is 16.5. The number of nitrogens with zero attached hydrogens (tertiary/aromatic N) is 3. The highest BCUT2D eigenvalue weighted by molar-refractivity contribution is 6.07. The molecule has 0 unspecified atom stereocenters. The van der Waals surface area contributed by atoms with Crippen molar-refractivity contribution in [2.45, 2.75) is 26.8 Å². The predicted octanol–water partition coefficient (Wildman–Crippen LogP) is 4.55. The third kappa shape index (κ3) is 3.89. The lowest BCUT2D eigenvalue weighted by atomic mass is 10.1. The average Bonchev–Trinajstić information content (AvgIpc) is 3.14. The number of fused-ring (bicyclic) bond motifs is 1. The monoisotopic (exact) mass is 430 g/mol. The lowest BCUT2D eigenvalue weighted by Crippen LogP contribution is -2.27. The molecule has 2 heterocycles. The molecule has 1 N–H and O–H groups in total. The summed E-state index contributed by atoms with van der Waals surface area (Å²) in [6.07, 6.45) is 0. The largest absolute Gasteiger partial charge is 0.493 e. The molecule has 0 aliphatic heterocycles. The molecule has 164 valence electrons. The predicted molar refractivity (Wildman–Crippen MR) is 124 cm³/mol. The number of pyridine rings is 1. The molecule has 0 bridgehead atoms. The molecular weight excluding hydrogens is 404 g/mol. The fourth-order valence-electron chi connectivity index (χ4n) is 3.82. The van der Waals surface area contributed by atoms with Gasteiger partial charge in [-0.1, -0.05) is 24.3 Å². The molecule has 0 saturated heterocycles. The molecule has 7 heteroatoms. The Morgan fingerprint density at radius 3 is 2.41 bits per heavy atom. The van der Waals surface area contributed by atoms with E-state index in [2.05, 4.69) is 15.4 Å². The number of para-hydroxylation sites is 1. The first-order valence-corrected chi connectivity index (χ1v) is 10.4. The van der Waals surface area contributed by atoms with E-state index in [4.69, 9.17) is 9.47 Å². The maximum atomic E-state index is 13.3. The number of benzene rings is 2. The zero-order chi connectivity index (χ0) is 22.8. The maximum Gasteiger partial charge on any atom is 0.252 e. The van der Waals surface area contributed by atoms with Gasteiger partial charge in [-0.3, -0.25) is 4.79 Å². The van der Waals surface area contributed by atoms with Gasteiger partial charge in [0.1, 0.15) is 0 Å². The summed E-state index contributed by atoms with van der Waals surface area (Å²) in [4.78, 5) is 18.0. The first kappa shape index (κ1) is 21.4. The van der Waals surface area contributed by atoms with Gasteiger partial charge in [0, 0.05) is 5.69 Å². The minimum Gasteiger partial charge on any atom is -0.493 e. The van der Waals surface area contributed by atoms with E-state index in [-0.39, 0.29) is 11.9 Å². The van der Waals surface area contributed by atoms with Gasteiger partial charge >= 0.3 is 0 Å². The highest BCUT2D eigenvalue weighted by Crippen LogP contribution is 2.30. The van der Waals surface area contributed by atoms with Gasteiger partial charge in [-0.25, -0.2) is 9.67 Å². The van der Waals surface area contributed by atoms with Gasteiger partial charge < -0.3 is 14.8 Å². The number of ether oxygens (including phenoxy) is 2. The topological polar surface area (TPSA) is 78.3 Å². The number of hydrogen-bond acceptors (Lipinski definition) is 5. The van der Waals surface area contributed by atoms with Gasteiger partial charge in [0.05, 0.1) is 42.6 Å². The van der Waals surface area contributed by atoms with Crippen LogP contribution in [0.15, 0.2) is 54.6 Å². The van der Waals surface area contributed by atoms with Crippen LogP contribution in [0.4, 0.5) is 0 Å². The van der Waals surface area contributed by atoms with Crippen molar-refractivity contribution in [2.75, 3.05) is 14.2 Å². The Labute approximate surface area is 187 Å². The zero-order valence-corrected chi connectivity index (χ0v) is 18.8. The molecule has 1 atom stereocenters. The van der Waals surface area contributed by atoms with Crippen molar-refractivity contribution in [1.82, 2.24) is 20.1 Å². The standard InChI is InChI=1S/C25H26N4O3/c1-15-13-20(23-17(3)28-29(24(23)26-15)19-9-7-6-8-10-19)25(30)27-16(2)18-11-12-21(31-4)22(14-18)32-5/h6-14,16H,1-5H3,(H,27,30)/t16-/m0/s1. The second-order valence-electron chi connectivity index (χ2n) is 7.65. The fourth-order valence-corrected chi connectivity index (χ4v) is 3.82. The minimum absolute atomic E-state index is 0.182. The van der Waals surface area contributed by atoms with Crippen molar-refractivity contribution in [3.63, 3.8) is 0 Å². The van der Waals surface area contributed by atoms with Crippen molar-refractivity contribution in [1.29, 1.82) is 0 Å². The van der Waals surface area contributed by atoms with Crippen LogP contribution in [0.2, 0.25) is 0 Å².